The van der Waals surface area contributed by atoms with E-state index in [0.717, 1.165) is 12.3 Å². The van der Waals surface area contributed by atoms with Gasteiger partial charge in [0.25, 0.3) is 0 Å². The van der Waals surface area contributed by atoms with Crippen LogP contribution in [0.5, 0.6) is 5.75 Å². The standard InChI is InChI=1S/C14H23NO2/c1-12(2)9-15(3)10-13(16)11-17-14-7-5-4-6-8-14/h4-8,12-13,16H,9-11H2,1-3H3. The van der Waals surface area contributed by atoms with Gasteiger partial charge in [0.05, 0.1) is 0 Å². The topological polar surface area (TPSA) is 32.7 Å². The van der Waals surface area contributed by atoms with E-state index in [1.165, 1.54) is 0 Å². The third-order valence-corrected chi connectivity index (χ3v) is 2.38. The third-order valence-electron chi connectivity index (χ3n) is 2.38. The highest BCUT2D eigenvalue weighted by Crippen LogP contribution is 2.08. The van der Waals surface area contributed by atoms with Crippen LogP contribution in [-0.4, -0.2) is 42.9 Å². The molecule has 3 heteroatoms. The van der Waals surface area contributed by atoms with E-state index in [1.54, 1.807) is 0 Å². The molecule has 0 aliphatic carbocycles. The Morgan fingerprint density at radius 3 is 2.41 bits per heavy atom. The van der Waals surface area contributed by atoms with Crippen LogP contribution in [0.2, 0.25) is 0 Å². The monoisotopic (exact) mass is 237 g/mol. The molecule has 3 nitrogen and oxygen atoms in total. The Morgan fingerprint density at radius 1 is 1.18 bits per heavy atom. The Morgan fingerprint density at radius 2 is 1.82 bits per heavy atom. The summed E-state index contributed by atoms with van der Waals surface area (Å²) in [4.78, 5) is 2.13. The van der Waals surface area contributed by atoms with Crippen molar-refractivity contribution >= 4 is 0 Å². The maximum Gasteiger partial charge on any atom is 0.119 e. The molecule has 1 aromatic carbocycles. The Balaban J connectivity index is 2.23. The van der Waals surface area contributed by atoms with Crippen molar-refractivity contribution in [1.82, 2.24) is 4.90 Å². The number of likely N-dealkylation sites (N-methyl/N-ethyl adjacent to an activating group) is 1. The van der Waals surface area contributed by atoms with Gasteiger partial charge in [-0.05, 0) is 25.1 Å². The van der Waals surface area contributed by atoms with E-state index in [4.69, 9.17) is 4.74 Å². The molecule has 0 fully saturated rings. The van der Waals surface area contributed by atoms with Crippen molar-refractivity contribution in [1.29, 1.82) is 0 Å². The summed E-state index contributed by atoms with van der Waals surface area (Å²) >= 11 is 0. The summed E-state index contributed by atoms with van der Waals surface area (Å²) in [6.45, 7) is 6.31. The molecule has 1 aromatic rings. The molecule has 0 aliphatic rings. The predicted molar refractivity (Wildman–Crippen MR) is 70.3 cm³/mol. The van der Waals surface area contributed by atoms with E-state index in [0.29, 0.717) is 19.1 Å². The lowest BCUT2D eigenvalue weighted by Gasteiger charge is -2.22. The molecular formula is C14H23NO2. The van der Waals surface area contributed by atoms with Crippen molar-refractivity contribution in [2.75, 3.05) is 26.7 Å². The van der Waals surface area contributed by atoms with Gasteiger partial charge in [0, 0.05) is 13.1 Å². The largest absolute Gasteiger partial charge is 0.491 e. The van der Waals surface area contributed by atoms with Gasteiger partial charge in [0.2, 0.25) is 0 Å². The average Bonchev–Trinajstić information content (AvgIpc) is 2.26. The second kappa shape index (κ2) is 7.30. The van der Waals surface area contributed by atoms with Crippen LogP contribution in [-0.2, 0) is 0 Å². The molecular weight excluding hydrogens is 214 g/mol. The summed E-state index contributed by atoms with van der Waals surface area (Å²) < 4.78 is 5.50. The SMILES string of the molecule is CC(C)CN(C)CC(O)COc1ccccc1. The smallest absolute Gasteiger partial charge is 0.119 e. The first-order chi connectivity index (χ1) is 8.08. The zero-order chi connectivity index (χ0) is 12.7. The van der Waals surface area contributed by atoms with Gasteiger partial charge >= 0.3 is 0 Å². The highest BCUT2D eigenvalue weighted by Gasteiger charge is 2.10. The number of aliphatic hydroxyl groups excluding tert-OH is 1. The fourth-order valence-electron chi connectivity index (χ4n) is 1.82. The molecule has 1 rings (SSSR count). The van der Waals surface area contributed by atoms with Gasteiger partial charge in [-0.3, -0.25) is 0 Å². The Labute approximate surface area is 104 Å². The maximum atomic E-state index is 9.83. The minimum absolute atomic E-state index is 0.340. The summed E-state index contributed by atoms with van der Waals surface area (Å²) in [5, 5.41) is 9.83. The van der Waals surface area contributed by atoms with E-state index in [-0.39, 0.29) is 0 Å². The van der Waals surface area contributed by atoms with Crippen molar-refractivity contribution in [3.05, 3.63) is 30.3 Å². The fraction of sp³-hybridized carbons (Fsp3) is 0.571. The molecule has 1 N–H and O–H groups in total. The number of ether oxygens (including phenoxy) is 1. The summed E-state index contributed by atoms with van der Waals surface area (Å²) in [6, 6.07) is 9.58. The lowest BCUT2D eigenvalue weighted by Crippen LogP contribution is -2.35. The normalized spacial score (nSPS) is 13.1. The first-order valence-electron chi connectivity index (χ1n) is 6.12. The molecule has 96 valence electrons. The van der Waals surface area contributed by atoms with Crippen LogP contribution < -0.4 is 4.74 Å². The van der Waals surface area contributed by atoms with Gasteiger partial charge in [-0.2, -0.15) is 0 Å². The summed E-state index contributed by atoms with van der Waals surface area (Å²) in [5.74, 6) is 1.42. The molecule has 0 saturated carbocycles. The summed E-state index contributed by atoms with van der Waals surface area (Å²) in [6.07, 6.45) is -0.445. The van der Waals surface area contributed by atoms with E-state index < -0.39 is 6.10 Å². The molecule has 0 spiro atoms. The lowest BCUT2D eigenvalue weighted by molar-refractivity contribution is 0.0732. The quantitative estimate of drug-likeness (QED) is 0.787. The number of hydrogen-bond donors (Lipinski definition) is 1. The molecule has 1 unspecified atom stereocenters. The second-order valence-corrected chi connectivity index (χ2v) is 4.89. The van der Waals surface area contributed by atoms with Crippen molar-refractivity contribution in [3.63, 3.8) is 0 Å². The maximum absolute atomic E-state index is 9.83. The van der Waals surface area contributed by atoms with Gasteiger partial charge < -0.3 is 14.7 Å². The summed E-state index contributed by atoms with van der Waals surface area (Å²) in [5.41, 5.74) is 0. The first kappa shape index (κ1) is 14.0. The van der Waals surface area contributed by atoms with Crippen LogP contribution >= 0.6 is 0 Å². The predicted octanol–water partition coefficient (Wildman–Crippen LogP) is 2.01. The Bertz CT molecular complexity index is 300. The molecule has 0 saturated heterocycles. The molecule has 1 atom stereocenters. The zero-order valence-corrected chi connectivity index (χ0v) is 11.0. The van der Waals surface area contributed by atoms with Crippen molar-refractivity contribution in [3.8, 4) is 5.75 Å². The molecule has 0 amide bonds. The van der Waals surface area contributed by atoms with Crippen LogP contribution in [0, 0.1) is 5.92 Å². The molecule has 0 aliphatic heterocycles. The van der Waals surface area contributed by atoms with Crippen LogP contribution in [0.25, 0.3) is 0 Å². The third kappa shape index (κ3) is 6.29. The Kier molecular flexibility index (Phi) is 6.01. The van der Waals surface area contributed by atoms with Gasteiger partial charge in [0.15, 0.2) is 0 Å². The van der Waals surface area contributed by atoms with Gasteiger partial charge in [0.1, 0.15) is 18.5 Å². The minimum Gasteiger partial charge on any atom is -0.491 e. The van der Waals surface area contributed by atoms with Gasteiger partial charge in [-0.25, -0.2) is 0 Å². The van der Waals surface area contributed by atoms with Crippen LogP contribution in [0.4, 0.5) is 0 Å². The fourth-order valence-corrected chi connectivity index (χ4v) is 1.82. The van der Waals surface area contributed by atoms with E-state index >= 15 is 0 Å². The molecule has 0 aromatic heterocycles. The lowest BCUT2D eigenvalue weighted by atomic mass is 10.2. The number of benzene rings is 1. The number of rotatable bonds is 7. The summed E-state index contributed by atoms with van der Waals surface area (Å²) in [7, 11) is 2.02. The number of nitrogens with zero attached hydrogens (tertiary/aromatic N) is 1. The van der Waals surface area contributed by atoms with E-state index in [2.05, 4.69) is 18.7 Å². The number of para-hydroxylation sites is 1. The molecule has 0 radical (unpaired) electrons. The van der Waals surface area contributed by atoms with Crippen molar-refractivity contribution < 1.29 is 9.84 Å². The van der Waals surface area contributed by atoms with Gasteiger partial charge in [-0.15, -0.1) is 0 Å². The molecule has 0 bridgehead atoms. The second-order valence-electron chi connectivity index (χ2n) is 4.89. The van der Waals surface area contributed by atoms with Gasteiger partial charge in [-0.1, -0.05) is 32.0 Å². The number of hydrogen-bond acceptors (Lipinski definition) is 3. The number of aliphatic hydroxyl groups is 1. The highest BCUT2D eigenvalue weighted by molar-refractivity contribution is 5.20. The highest BCUT2D eigenvalue weighted by atomic mass is 16.5. The van der Waals surface area contributed by atoms with E-state index in [9.17, 15) is 5.11 Å². The first-order valence-corrected chi connectivity index (χ1v) is 6.12. The minimum atomic E-state index is -0.445. The van der Waals surface area contributed by atoms with Crippen molar-refractivity contribution in [2.45, 2.75) is 20.0 Å². The van der Waals surface area contributed by atoms with Crippen LogP contribution in [0.1, 0.15) is 13.8 Å². The zero-order valence-electron chi connectivity index (χ0n) is 11.0. The van der Waals surface area contributed by atoms with Crippen LogP contribution in [0.3, 0.4) is 0 Å². The van der Waals surface area contributed by atoms with Crippen molar-refractivity contribution in [2.24, 2.45) is 5.92 Å². The molecule has 0 heterocycles. The Hall–Kier alpha value is -1.06. The molecule has 17 heavy (non-hydrogen) atoms. The van der Waals surface area contributed by atoms with Crippen LogP contribution in [0.15, 0.2) is 30.3 Å². The van der Waals surface area contributed by atoms with E-state index in [1.807, 2.05) is 37.4 Å². The average molecular weight is 237 g/mol.